The van der Waals surface area contributed by atoms with Crippen molar-refractivity contribution in [1.29, 1.82) is 0 Å². The smallest absolute Gasteiger partial charge is 0.326 e. The van der Waals surface area contributed by atoms with E-state index in [1.165, 1.54) is 11.8 Å². The van der Waals surface area contributed by atoms with Gasteiger partial charge in [-0.2, -0.15) is 24.4 Å². The van der Waals surface area contributed by atoms with Crippen molar-refractivity contribution in [3.05, 3.63) is 0 Å². The number of nitrogens with one attached hydrogen (secondary N) is 3. The van der Waals surface area contributed by atoms with Gasteiger partial charge >= 0.3 is 11.9 Å². The summed E-state index contributed by atoms with van der Waals surface area (Å²) in [6, 6.07) is -4.94. The van der Waals surface area contributed by atoms with Crippen molar-refractivity contribution in [3.63, 3.8) is 0 Å². The van der Waals surface area contributed by atoms with Crippen molar-refractivity contribution >= 4 is 60.0 Å². The Morgan fingerprint density at radius 2 is 1.50 bits per heavy atom. The zero-order valence-electron chi connectivity index (χ0n) is 18.7. The van der Waals surface area contributed by atoms with Gasteiger partial charge in [0.15, 0.2) is 5.96 Å². The summed E-state index contributed by atoms with van der Waals surface area (Å²) >= 11 is 5.57. The molecule has 34 heavy (non-hydrogen) atoms. The van der Waals surface area contributed by atoms with E-state index >= 15 is 0 Å². The largest absolute Gasteiger partial charge is 0.481 e. The summed E-state index contributed by atoms with van der Waals surface area (Å²) in [5.41, 5.74) is 16.3. The number of aliphatic imine (C=N–C) groups is 1. The quantitative estimate of drug-likeness (QED) is 0.0403. The minimum absolute atomic E-state index is 0.00572. The second kappa shape index (κ2) is 16.8. The third-order valence-corrected chi connectivity index (χ3v) is 5.37. The molecule has 0 spiro atoms. The number of hydrogen-bond acceptors (Lipinski definition) is 9. The Morgan fingerprint density at radius 3 is 2.00 bits per heavy atom. The van der Waals surface area contributed by atoms with E-state index in [9.17, 15) is 24.0 Å². The number of nitrogens with two attached hydrogens (primary N) is 3. The van der Waals surface area contributed by atoms with Crippen LogP contribution in [0.3, 0.4) is 0 Å². The fraction of sp³-hybridized carbons (Fsp3) is 0.667. The molecule has 0 aliphatic carbocycles. The molecule has 0 saturated heterocycles. The first-order valence-corrected chi connectivity index (χ1v) is 12.2. The molecule has 0 saturated carbocycles. The molecule has 16 heteroatoms. The molecule has 0 aliphatic heterocycles. The normalized spacial score (nSPS) is 14.1. The number of carboxylic acid groups (broad SMARTS) is 2. The molecule has 194 valence electrons. The SMILES string of the molecule is CSCCC(N)C(=O)NC(CS)C(=O)NC(CCCN=C(N)N)C(=O)NC(CC(=O)O)C(=O)O. The highest BCUT2D eigenvalue weighted by atomic mass is 32.2. The molecule has 4 atom stereocenters. The predicted octanol–water partition coefficient (Wildman–Crippen LogP) is -2.94. The second-order valence-corrected chi connectivity index (χ2v) is 8.49. The Kier molecular flexibility index (Phi) is 15.5. The number of thioether (sulfide) groups is 1. The van der Waals surface area contributed by atoms with Gasteiger partial charge < -0.3 is 43.4 Å². The summed E-state index contributed by atoms with van der Waals surface area (Å²) in [6.07, 6.45) is 1.61. The molecule has 0 rings (SSSR count). The van der Waals surface area contributed by atoms with Crippen LogP contribution < -0.4 is 33.2 Å². The highest BCUT2D eigenvalue weighted by Gasteiger charge is 2.30. The fourth-order valence-corrected chi connectivity index (χ4v) is 3.29. The topological polar surface area (TPSA) is 252 Å². The average Bonchev–Trinajstić information content (AvgIpc) is 2.76. The number of hydrogen-bond donors (Lipinski definition) is 9. The van der Waals surface area contributed by atoms with Crippen LogP contribution in [-0.2, 0) is 24.0 Å². The zero-order chi connectivity index (χ0) is 26.3. The molecule has 0 fully saturated rings. The number of thiol groups is 1. The number of carbonyl (C=O) groups is 5. The number of aliphatic carboxylic acids is 2. The summed E-state index contributed by atoms with van der Waals surface area (Å²) in [5.74, 6) is -4.87. The van der Waals surface area contributed by atoms with E-state index in [4.69, 9.17) is 27.4 Å². The Hall–Kier alpha value is -2.72. The lowest BCUT2D eigenvalue weighted by Crippen LogP contribution is -2.57. The molecule has 0 aromatic rings. The van der Waals surface area contributed by atoms with Crippen molar-refractivity contribution in [2.45, 2.75) is 49.9 Å². The maximum Gasteiger partial charge on any atom is 0.326 e. The van der Waals surface area contributed by atoms with Crippen molar-refractivity contribution < 1.29 is 34.2 Å². The van der Waals surface area contributed by atoms with Crippen LogP contribution >= 0.6 is 24.4 Å². The lowest BCUT2D eigenvalue weighted by molar-refractivity contribution is -0.147. The van der Waals surface area contributed by atoms with Crippen molar-refractivity contribution in [2.24, 2.45) is 22.2 Å². The number of carbonyl (C=O) groups excluding carboxylic acids is 3. The Balaban J connectivity index is 5.38. The lowest BCUT2D eigenvalue weighted by Gasteiger charge is -2.24. The average molecular weight is 524 g/mol. The van der Waals surface area contributed by atoms with Gasteiger partial charge in [-0.05, 0) is 31.3 Å². The lowest BCUT2D eigenvalue weighted by atomic mass is 10.1. The number of guanidine groups is 1. The molecule has 0 aromatic heterocycles. The molecule has 0 aliphatic rings. The van der Waals surface area contributed by atoms with Crippen LogP contribution in [0.5, 0.6) is 0 Å². The molecule has 11 N–H and O–H groups in total. The Morgan fingerprint density at radius 1 is 0.941 bits per heavy atom. The standard InChI is InChI=1S/C18H33N7O7S2/c1-34-6-4-9(19)14(28)25-12(8-33)16(30)23-10(3-2-5-22-18(20)21)15(29)24-11(17(31)32)7-13(26)27/h9-12,33H,2-8,19H2,1H3,(H,23,30)(H,24,29)(H,25,28)(H,26,27)(H,31,32)(H4,20,21,22). The molecule has 0 heterocycles. The van der Waals surface area contributed by atoms with Gasteiger partial charge in [-0.15, -0.1) is 0 Å². The third-order valence-electron chi connectivity index (χ3n) is 4.36. The maximum atomic E-state index is 12.7. The number of carboxylic acids is 2. The minimum atomic E-state index is -1.71. The van der Waals surface area contributed by atoms with E-state index < -0.39 is 60.2 Å². The van der Waals surface area contributed by atoms with Crippen LogP contribution in [0.25, 0.3) is 0 Å². The first-order chi connectivity index (χ1) is 15.9. The van der Waals surface area contributed by atoms with Crippen LogP contribution in [0.15, 0.2) is 4.99 Å². The van der Waals surface area contributed by atoms with E-state index in [1.54, 1.807) is 0 Å². The molecular weight excluding hydrogens is 490 g/mol. The van der Waals surface area contributed by atoms with Crippen molar-refractivity contribution in [1.82, 2.24) is 16.0 Å². The van der Waals surface area contributed by atoms with E-state index in [2.05, 4.69) is 33.6 Å². The van der Waals surface area contributed by atoms with E-state index in [1.807, 2.05) is 6.26 Å². The number of rotatable bonds is 17. The molecule has 14 nitrogen and oxygen atoms in total. The van der Waals surface area contributed by atoms with E-state index in [0.717, 1.165) is 0 Å². The molecule has 0 radical (unpaired) electrons. The van der Waals surface area contributed by atoms with Crippen LogP contribution in [0.1, 0.15) is 25.7 Å². The number of nitrogens with zero attached hydrogens (tertiary/aromatic N) is 1. The fourth-order valence-electron chi connectivity index (χ4n) is 2.54. The highest BCUT2D eigenvalue weighted by molar-refractivity contribution is 7.98. The molecule has 0 bridgehead atoms. The van der Waals surface area contributed by atoms with Crippen LogP contribution in [-0.4, -0.2) is 94.3 Å². The minimum Gasteiger partial charge on any atom is -0.481 e. The molecule has 3 amide bonds. The third kappa shape index (κ3) is 13.1. The summed E-state index contributed by atoms with van der Waals surface area (Å²) < 4.78 is 0. The van der Waals surface area contributed by atoms with Crippen LogP contribution in [0.4, 0.5) is 0 Å². The van der Waals surface area contributed by atoms with Gasteiger partial charge in [0.2, 0.25) is 17.7 Å². The summed E-state index contributed by atoms with van der Waals surface area (Å²) in [7, 11) is 0. The van der Waals surface area contributed by atoms with Gasteiger partial charge in [-0.1, -0.05) is 0 Å². The van der Waals surface area contributed by atoms with Crippen molar-refractivity contribution in [3.8, 4) is 0 Å². The summed E-state index contributed by atoms with van der Waals surface area (Å²) in [6.45, 7) is 0.122. The second-order valence-electron chi connectivity index (χ2n) is 7.14. The van der Waals surface area contributed by atoms with Gasteiger partial charge in [0.05, 0.1) is 12.5 Å². The monoisotopic (exact) mass is 523 g/mol. The Labute approximate surface area is 206 Å². The van der Waals surface area contributed by atoms with Gasteiger partial charge in [0, 0.05) is 12.3 Å². The highest BCUT2D eigenvalue weighted by Crippen LogP contribution is 2.04. The van der Waals surface area contributed by atoms with Crippen LogP contribution in [0.2, 0.25) is 0 Å². The first-order valence-electron chi connectivity index (χ1n) is 10.2. The van der Waals surface area contributed by atoms with E-state index in [0.29, 0.717) is 12.2 Å². The first kappa shape index (κ1) is 31.3. The van der Waals surface area contributed by atoms with Crippen LogP contribution in [0, 0.1) is 0 Å². The zero-order valence-corrected chi connectivity index (χ0v) is 20.4. The molecule has 0 aromatic carbocycles. The molecular formula is C18H33N7O7S2. The maximum absolute atomic E-state index is 12.7. The Bertz CT molecular complexity index is 750. The summed E-state index contributed by atoms with van der Waals surface area (Å²) in [4.78, 5) is 63.6. The van der Waals surface area contributed by atoms with E-state index in [-0.39, 0.29) is 31.1 Å². The van der Waals surface area contributed by atoms with Gasteiger partial charge in [-0.3, -0.25) is 24.2 Å². The van der Waals surface area contributed by atoms with Gasteiger partial charge in [0.25, 0.3) is 0 Å². The van der Waals surface area contributed by atoms with Crippen molar-refractivity contribution in [2.75, 3.05) is 24.3 Å². The van der Waals surface area contributed by atoms with Gasteiger partial charge in [0.1, 0.15) is 18.1 Å². The predicted molar refractivity (Wildman–Crippen MR) is 130 cm³/mol. The summed E-state index contributed by atoms with van der Waals surface area (Å²) in [5, 5.41) is 25.0. The van der Waals surface area contributed by atoms with Gasteiger partial charge in [-0.25, -0.2) is 4.79 Å². The number of amides is 3. The molecule has 4 unspecified atom stereocenters.